The first-order valence-corrected chi connectivity index (χ1v) is 8.92. The second kappa shape index (κ2) is 7.99. The number of para-hydroxylation sites is 1. The van der Waals surface area contributed by atoms with Crippen LogP contribution in [0, 0.1) is 6.92 Å². The van der Waals surface area contributed by atoms with Gasteiger partial charge < -0.3 is 15.1 Å². The average molecular weight is 352 g/mol. The van der Waals surface area contributed by atoms with Crippen molar-refractivity contribution < 1.29 is 9.59 Å². The number of nitrogens with zero attached hydrogens (tertiary/aromatic N) is 3. The standard InChI is InChI=1S/C20H24N4O2/c1-3-16-6-4-5-15(2)19(16)22-17-7-8-18(21-13-17)20(26)24-11-9-23(14-25)10-12-24/h4-8,13-14,22H,3,9-12H2,1-2H3. The van der Waals surface area contributed by atoms with Gasteiger partial charge in [0.05, 0.1) is 11.9 Å². The van der Waals surface area contributed by atoms with Crippen LogP contribution in [-0.2, 0) is 11.2 Å². The first kappa shape index (κ1) is 17.9. The van der Waals surface area contributed by atoms with Crippen LogP contribution in [0.25, 0.3) is 0 Å². The molecule has 6 heteroatoms. The number of rotatable bonds is 5. The normalized spacial score (nSPS) is 14.2. The van der Waals surface area contributed by atoms with Crippen LogP contribution in [-0.4, -0.2) is 53.3 Å². The molecule has 0 bridgehead atoms. The van der Waals surface area contributed by atoms with Gasteiger partial charge in [-0.05, 0) is 36.6 Å². The summed E-state index contributed by atoms with van der Waals surface area (Å²) < 4.78 is 0. The Morgan fingerprint density at radius 1 is 1.19 bits per heavy atom. The van der Waals surface area contributed by atoms with Crippen LogP contribution in [0.15, 0.2) is 36.5 Å². The van der Waals surface area contributed by atoms with Gasteiger partial charge in [0.2, 0.25) is 6.41 Å². The molecule has 1 aliphatic heterocycles. The molecule has 2 heterocycles. The lowest BCUT2D eigenvalue weighted by molar-refractivity contribution is -0.119. The number of carbonyl (C=O) groups excluding carboxylic acids is 2. The van der Waals surface area contributed by atoms with Crippen molar-refractivity contribution in [1.82, 2.24) is 14.8 Å². The molecule has 0 atom stereocenters. The van der Waals surface area contributed by atoms with Gasteiger partial charge in [0.1, 0.15) is 5.69 Å². The van der Waals surface area contributed by atoms with Crippen LogP contribution >= 0.6 is 0 Å². The molecule has 1 fully saturated rings. The lowest BCUT2D eigenvalue weighted by atomic mass is 10.1. The van der Waals surface area contributed by atoms with Gasteiger partial charge in [-0.25, -0.2) is 4.98 Å². The zero-order valence-corrected chi connectivity index (χ0v) is 15.2. The summed E-state index contributed by atoms with van der Waals surface area (Å²) in [5, 5.41) is 3.42. The minimum atomic E-state index is -0.0905. The first-order valence-electron chi connectivity index (χ1n) is 8.92. The highest BCUT2D eigenvalue weighted by molar-refractivity contribution is 5.92. The molecule has 1 aromatic carbocycles. The Morgan fingerprint density at radius 3 is 2.58 bits per heavy atom. The third-order valence-corrected chi connectivity index (χ3v) is 4.74. The molecular formula is C20H24N4O2. The van der Waals surface area contributed by atoms with Crippen molar-refractivity contribution in [1.29, 1.82) is 0 Å². The van der Waals surface area contributed by atoms with E-state index in [-0.39, 0.29) is 5.91 Å². The zero-order chi connectivity index (χ0) is 18.5. The third kappa shape index (κ3) is 3.85. The molecule has 0 radical (unpaired) electrons. The predicted molar refractivity (Wildman–Crippen MR) is 102 cm³/mol. The second-order valence-corrected chi connectivity index (χ2v) is 6.45. The van der Waals surface area contributed by atoms with E-state index in [4.69, 9.17) is 0 Å². The Balaban J connectivity index is 1.69. The van der Waals surface area contributed by atoms with Crippen LogP contribution in [0.5, 0.6) is 0 Å². The minimum absolute atomic E-state index is 0.0905. The smallest absolute Gasteiger partial charge is 0.272 e. The SMILES string of the molecule is CCc1cccc(C)c1Nc1ccc(C(=O)N2CCN(C=O)CC2)nc1. The van der Waals surface area contributed by atoms with Crippen molar-refractivity contribution in [2.24, 2.45) is 0 Å². The fraction of sp³-hybridized carbons (Fsp3) is 0.350. The Kier molecular flexibility index (Phi) is 5.51. The highest BCUT2D eigenvalue weighted by Crippen LogP contribution is 2.25. The number of hydrogen-bond acceptors (Lipinski definition) is 4. The number of carbonyl (C=O) groups is 2. The maximum atomic E-state index is 12.6. The maximum Gasteiger partial charge on any atom is 0.272 e. The average Bonchev–Trinajstić information content (AvgIpc) is 2.69. The fourth-order valence-corrected chi connectivity index (χ4v) is 3.13. The van der Waals surface area contributed by atoms with Crippen molar-refractivity contribution >= 4 is 23.7 Å². The third-order valence-electron chi connectivity index (χ3n) is 4.74. The fourth-order valence-electron chi connectivity index (χ4n) is 3.13. The van der Waals surface area contributed by atoms with E-state index in [1.54, 1.807) is 22.1 Å². The molecule has 0 spiro atoms. The van der Waals surface area contributed by atoms with Gasteiger partial charge in [-0.15, -0.1) is 0 Å². The summed E-state index contributed by atoms with van der Waals surface area (Å²) in [5.41, 5.74) is 4.81. The summed E-state index contributed by atoms with van der Waals surface area (Å²) in [4.78, 5) is 31.1. The monoisotopic (exact) mass is 352 g/mol. The number of pyridine rings is 1. The van der Waals surface area contributed by atoms with E-state index in [1.807, 2.05) is 6.07 Å². The molecule has 26 heavy (non-hydrogen) atoms. The zero-order valence-electron chi connectivity index (χ0n) is 15.2. The highest BCUT2D eigenvalue weighted by Gasteiger charge is 2.22. The second-order valence-electron chi connectivity index (χ2n) is 6.45. The molecule has 2 aromatic rings. The van der Waals surface area contributed by atoms with Crippen molar-refractivity contribution in [3.05, 3.63) is 53.3 Å². The van der Waals surface area contributed by atoms with Crippen LogP contribution in [0.4, 0.5) is 11.4 Å². The number of amides is 2. The van der Waals surface area contributed by atoms with Gasteiger partial charge in [-0.3, -0.25) is 9.59 Å². The van der Waals surface area contributed by atoms with Crippen molar-refractivity contribution in [2.75, 3.05) is 31.5 Å². The van der Waals surface area contributed by atoms with E-state index in [1.165, 1.54) is 11.1 Å². The van der Waals surface area contributed by atoms with E-state index in [9.17, 15) is 9.59 Å². The largest absolute Gasteiger partial charge is 0.354 e. The van der Waals surface area contributed by atoms with Crippen LogP contribution < -0.4 is 5.32 Å². The molecule has 1 N–H and O–H groups in total. The van der Waals surface area contributed by atoms with E-state index in [2.05, 4.69) is 42.3 Å². The number of nitrogens with one attached hydrogen (secondary N) is 1. The van der Waals surface area contributed by atoms with Crippen LogP contribution in [0.3, 0.4) is 0 Å². The Bertz CT molecular complexity index is 781. The predicted octanol–water partition coefficient (Wildman–Crippen LogP) is 2.61. The molecule has 6 nitrogen and oxygen atoms in total. The Labute approximate surface area is 153 Å². The summed E-state index contributed by atoms with van der Waals surface area (Å²) in [6.07, 6.45) is 3.47. The molecule has 136 valence electrons. The number of benzene rings is 1. The van der Waals surface area contributed by atoms with Crippen LogP contribution in [0.1, 0.15) is 28.5 Å². The lowest BCUT2D eigenvalue weighted by Crippen LogP contribution is -2.48. The molecule has 0 aliphatic carbocycles. The maximum absolute atomic E-state index is 12.6. The number of aryl methyl sites for hydroxylation is 2. The van der Waals surface area contributed by atoms with E-state index < -0.39 is 0 Å². The van der Waals surface area contributed by atoms with Crippen LogP contribution in [0.2, 0.25) is 0 Å². The number of aromatic nitrogens is 1. The van der Waals surface area contributed by atoms with E-state index >= 15 is 0 Å². The molecule has 1 saturated heterocycles. The first-order chi connectivity index (χ1) is 12.6. The number of anilines is 2. The molecule has 0 unspecified atom stereocenters. The Morgan fingerprint density at radius 2 is 1.96 bits per heavy atom. The molecule has 3 rings (SSSR count). The number of piperazine rings is 1. The van der Waals surface area contributed by atoms with Gasteiger partial charge >= 0.3 is 0 Å². The molecule has 1 aliphatic rings. The quantitative estimate of drug-likeness (QED) is 0.840. The summed E-state index contributed by atoms with van der Waals surface area (Å²) in [6, 6.07) is 9.88. The molecular weight excluding hydrogens is 328 g/mol. The van der Waals surface area contributed by atoms with E-state index in [0.717, 1.165) is 24.2 Å². The summed E-state index contributed by atoms with van der Waals surface area (Å²) in [6.45, 7) is 6.44. The molecule has 0 saturated carbocycles. The highest BCUT2D eigenvalue weighted by atomic mass is 16.2. The van der Waals surface area contributed by atoms with Gasteiger partial charge in [-0.2, -0.15) is 0 Å². The van der Waals surface area contributed by atoms with Gasteiger partial charge in [0, 0.05) is 31.9 Å². The van der Waals surface area contributed by atoms with Crippen molar-refractivity contribution in [3.63, 3.8) is 0 Å². The van der Waals surface area contributed by atoms with Crippen molar-refractivity contribution in [3.8, 4) is 0 Å². The van der Waals surface area contributed by atoms with Crippen molar-refractivity contribution in [2.45, 2.75) is 20.3 Å². The van der Waals surface area contributed by atoms with Gasteiger partial charge in [-0.1, -0.05) is 25.1 Å². The van der Waals surface area contributed by atoms with Gasteiger partial charge in [0.15, 0.2) is 0 Å². The minimum Gasteiger partial charge on any atom is -0.354 e. The summed E-state index contributed by atoms with van der Waals surface area (Å²) >= 11 is 0. The number of hydrogen-bond donors (Lipinski definition) is 1. The summed E-state index contributed by atoms with van der Waals surface area (Å²) in [7, 11) is 0. The topological polar surface area (TPSA) is 65.5 Å². The Hall–Kier alpha value is -2.89. The van der Waals surface area contributed by atoms with Gasteiger partial charge in [0.25, 0.3) is 5.91 Å². The lowest BCUT2D eigenvalue weighted by Gasteiger charge is -2.32. The van der Waals surface area contributed by atoms with E-state index in [0.29, 0.717) is 31.9 Å². The molecule has 2 amide bonds. The summed E-state index contributed by atoms with van der Waals surface area (Å²) in [5.74, 6) is -0.0905. The molecule has 1 aromatic heterocycles.